The predicted molar refractivity (Wildman–Crippen MR) is 70.9 cm³/mol. The molecule has 0 atom stereocenters. The van der Waals surface area contributed by atoms with Crippen molar-refractivity contribution in [3.05, 3.63) is 58.9 Å². The number of halogens is 2. The second-order valence-electron chi connectivity index (χ2n) is 4.34. The van der Waals surface area contributed by atoms with Gasteiger partial charge in [0.05, 0.1) is 0 Å². The number of carbonyl (C=O) groups excluding carboxylic acids is 1. The van der Waals surface area contributed by atoms with Crippen LogP contribution in [0.25, 0.3) is 0 Å². The van der Waals surface area contributed by atoms with Crippen LogP contribution in [0.1, 0.15) is 21.5 Å². The molecule has 1 aromatic heterocycles. The zero-order chi connectivity index (χ0) is 14.7. The number of rotatable bonds is 3. The minimum Gasteiger partial charge on any atom is -0.394 e. The molecule has 6 heteroatoms. The Morgan fingerprint density at radius 1 is 1.35 bits per heavy atom. The van der Waals surface area contributed by atoms with Crippen LogP contribution < -0.4 is 11.1 Å². The molecule has 0 aliphatic heterocycles. The zero-order valence-electron chi connectivity index (χ0n) is 10.8. The van der Waals surface area contributed by atoms with Crippen LogP contribution in [0.15, 0.2) is 30.6 Å². The van der Waals surface area contributed by atoms with E-state index in [0.717, 1.165) is 23.3 Å². The summed E-state index contributed by atoms with van der Waals surface area (Å²) in [5, 5.41) is 2.58. The molecule has 2 rings (SSSR count). The van der Waals surface area contributed by atoms with Crippen molar-refractivity contribution in [1.82, 2.24) is 10.3 Å². The fourth-order valence-electron chi connectivity index (χ4n) is 1.67. The number of benzene rings is 1. The summed E-state index contributed by atoms with van der Waals surface area (Å²) in [6.07, 6.45) is 3.27. The first kappa shape index (κ1) is 13.9. The lowest BCUT2D eigenvalue weighted by molar-refractivity contribution is 0.0950. The second kappa shape index (κ2) is 5.64. The second-order valence-corrected chi connectivity index (χ2v) is 4.34. The molecule has 1 amide bonds. The minimum atomic E-state index is -0.951. The molecule has 0 saturated heterocycles. The molecule has 0 fully saturated rings. The van der Waals surface area contributed by atoms with Crippen LogP contribution in [0, 0.1) is 18.6 Å². The Hall–Kier alpha value is -2.50. The Labute approximate surface area is 114 Å². The van der Waals surface area contributed by atoms with Crippen molar-refractivity contribution in [2.24, 2.45) is 0 Å². The molecule has 0 aliphatic rings. The number of nitrogens with zero attached hydrogens (tertiary/aromatic N) is 1. The third kappa shape index (κ3) is 2.90. The van der Waals surface area contributed by atoms with E-state index in [1.807, 2.05) is 13.0 Å². The van der Waals surface area contributed by atoms with Crippen LogP contribution in [-0.2, 0) is 6.54 Å². The minimum absolute atomic E-state index is 0.115. The van der Waals surface area contributed by atoms with E-state index in [1.54, 1.807) is 12.4 Å². The van der Waals surface area contributed by atoms with Gasteiger partial charge in [-0.1, -0.05) is 0 Å². The lowest BCUT2D eigenvalue weighted by Crippen LogP contribution is -2.23. The average molecular weight is 277 g/mol. The highest BCUT2D eigenvalue weighted by Crippen LogP contribution is 2.17. The normalized spacial score (nSPS) is 10.3. The molecule has 104 valence electrons. The number of anilines is 1. The van der Waals surface area contributed by atoms with Crippen molar-refractivity contribution in [3.8, 4) is 0 Å². The Bertz CT molecular complexity index is 636. The smallest absolute Gasteiger partial charge is 0.251 e. The van der Waals surface area contributed by atoms with Crippen LogP contribution in [0.4, 0.5) is 14.5 Å². The fraction of sp³-hybridized carbons (Fsp3) is 0.143. The van der Waals surface area contributed by atoms with Gasteiger partial charge in [-0.25, -0.2) is 8.78 Å². The summed E-state index contributed by atoms with van der Waals surface area (Å²) in [7, 11) is 0. The van der Waals surface area contributed by atoms with Gasteiger partial charge in [0.25, 0.3) is 5.91 Å². The number of nitrogen functional groups attached to an aromatic ring is 1. The first-order chi connectivity index (χ1) is 9.49. The van der Waals surface area contributed by atoms with Gasteiger partial charge in [0.15, 0.2) is 0 Å². The summed E-state index contributed by atoms with van der Waals surface area (Å²) in [4.78, 5) is 15.8. The number of aryl methyl sites for hydroxylation is 1. The van der Waals surface area contributed by atoms with Crippen LogP contribution >= 0.6 is 0 Å². The van der Waals surface area contributed by atoms with Gasteiger partial charge in [-0.05, 0) is 36.2 Å². The van der Waals surface area contributed by atoms with Crippen molar-refractivity contribution in [2.45, 2.75) is 13.5 Å². The van der Waals surface area contributed by atoms with E-state index >= 15 is 0 Å². The Kier molecular flexibility index (Phi) is 3.93. The van der Waals surface area contributed by atoms with E-state index in [-0.39, 0.29) is 12.1 Å². The van der Waals surface area contributed by atoms with Gasteiger partial charge in [-0.2, -0.15) is 0 Å². The Balaban J connectivity index is 2.11. The Morgan fingerprint density at radius 3 is 2.60 bits per heavy atom. The molecule has 0 aliphatic carbocycles. The third-order valence-electron chi connectivity index (χ3n) is 2.93. The van der Waals surface area contributed by atoms with Gasteiger partial charge in [0.2, 0.25) is 0 Å². The third-order valence-corrected chi connectivity index (χ3v) is 2.93. The van der Waals surface area contributed by atoms with Crippen LogP contribution in [0.5, 0.6) is 0 Å². The molecular weight excluding hydrogens is 264 g/mol. The lowest BCUT2D eigenvalue weighted by atomic mass is 10.1. The van der Waals surface area contributed by atoms with Gasteiger partial charge in [0, 0.05) is 24.5 Å². The summed E-state index contributed by atoms with van der Waals surface area (Å²) in [6.45, 7) is 2.11. The van der Waals surface area contributed by atoms with Crippen molar-refractivity contribution in [3.63, 3.8) is 0 Å². The molecule has 0 spiro atoms. The standard InChI is InChI=1S/C14H13F2N3O/c1-8-2-3-18-6-10(8)7-19-14(20)9-4-11(15)13(17)12(16)5-9/h2-6H,7,17H2,1H3,(H,19,20). The summed E-state index contributed by atoms with van der Waals surface area (Å²) in [5.74, 6) is -2.48. The number of nitrogens with two attached hydrogens (primary N) is 1. The largest absolute Gasteiger partial charge is 0.394 e. The van der Waals surface area contributed by atoms with Crippen molar-refractivity contribution in [2.75, 3.05) is 5.73 Å². The molecular formula is C14H13F2N3O. The number of carbonyl (C=O) groups is 1. The van der Waals surface area contributed by atoms with E-state index in [1.165, 1.54) is 0 Å². The maximum Gasteiger partial charge on any atom is 0.251 e. The molecule has 4 nitrogen and oxygen atoms in total. The summed E-state index contributed by atoms with van der Waals surface area (Å²) >= 11 is 0. The Morgan fingerprint density at radius 2 is 2.00 bits per heavy atom. The highest BCUT2D eigenvalue weighted by atomic mass is 19.1. The topological polar surface area (TPSA) is 68.0 Å². The van der Waals surface area contributed by atoms with E-state index in [4.69, 9.17) is 5.73 Å². The molecule has 2 aromatic rings. The molecule has 0 radical (unpaired) electrons. The molecule has 0 saturated carbocycles. The molecule has 0 bridgehead atoms. The molecule has 0 unspecified atom stereocenters. The van der Waals surface area contributed by atoms with Crippen molar-refractivity contribution >= 4 is 11.6 Å². The van der Waals surface area contributed by atoms with Gasteiger partial charge in [0.1, 0.15) is 17.3 Å². The van der Waals surface area contributed by atoms with Crippen LogP contribution in [-0.4, -0.2) is 10.9 Å². The number of amides is 1. The number of pyridine rings is 1. The quantitative estimate of drug-likeness (QED) is 0.845. The summed E-state index contributed by atoms with van der Waals surface area (Å²) in [6, 6.07) is 3.62. The fourth-order valence-corrected chi connectivity index (χ4v) is 1.67. The van der Waals surface area contributed by atoms with E-state index in [2.05, 4.69) is 10.3 Å². The summed E-state index contributed by atoms with van der Waals surface area (Å²) in [5.41, 5.74) is 6.24. The molecule has 1 aromatic carbocycles. The first-order valence-electron chi connectivity index (χ1n) is 5.91. The van der Waals surface area contributed by atoms with Gasteiger partial charge >= 0.3 is 0 Å². The predicted octanol–water partition coefficient (Wildman–Crippen LogP) is 2.18. The molecule has 3 N–H and O–H groups in total. The van der Waals surface area contributed by atoms with Crippen LogP contribution in [0.3, 0.4) is 0 Å². The zero-order valence-corrected chi connectivity index (χ0v) is 10.8. The van der Waals surface area contributed by atoms with E-state index in [9.17, 15) is 13.6 Å². The van der Waals surface area contributed by atoms with Crippen molar-refractivity contribution < 1.29 is 13.6 Å². The average Bonchev–Trinajstić information content (AvgIpc) is 2.43. The maximum absolute atomic E-state index is 13.3. The molecule has 20 heavy (non-hydrogen) atoms. The SMILES string of the molecule is Cc1ccncc1CNC(=O)c1cc(F)c(N)c(F)c1. The lowest BCUT2D eigenvalue weighted by Gasteiger charge is -2.08. The maximum atomic E-state index is 13.3. The van der Waals surface area contributed by atoms with E-state index < -0.39 is 23.2 Å². The van der Waals surface area contributed by atoms with Crippen LogP contribution in [0.2, 0.25) is 0 Å². The van der Waals surface area contributed by atoms with Gasteiger partial charge in [-0.15, -0.1) is 0 Å². The number of aromatic nitrogens is 1. The van der Waals surface area contributed by atoms with Crippen molar-refractivity contribution in [1.29, 1.82) is 0 Å². The monoisotopic (exact) mass is 277 g/mol. The van der Waals surface area contributed by atoms with E-state index in [0.29, 0.717) is 0 Å². The number of hydrogen-bond acceptors (Lipinski definition) is 3. The van der Waals surface area contributed by atoms with Gasteiger partial charge in [-0.3, -0.25) is 9.78 Å². The number of hydrogen-bond donors (Lipinski definition) is 2. The number of nitrogens with one attached hydrogen (secondary N) is 1. The molecule has 1 heterocycles. The highest BCUT2D eigenvalue weighted by Gasteiger charge is 2.13. The van der Waals surface area contributed by atoms with Gasteiger partial charge < -0.3 is 11.1 Å². The first-order valence-corrected chi connectivity index (χ1v) is 5.91. The highest BCUT2D eigenvalue weighted by molar-refractivity contribution is 5.94. The summed E-state index contributed by atoms with van der Waals surface area (Å²) < 4.78 is 26.5.